The van der Waals surface area contributed by atoms with E-state index in [4.69, 9.17) is 4.74 Å². The molecule has 0 radical (unpaired) electrons. The van der Waals surface area contributed by atoms with Gasteiger partial charge in [-0.3, -0.25) is 14.4 Å². The van der Waals surface area contributed by atoms with Gasteiger partial charge in [-0.15, -0.1) is 0 Å². The molecule has 1 aliphatic carbocycles. The third-order valence-corrected chi connectivity index (χ3v) is 3.75. The monoisotopic (exact) mass is 298 g/mol. The Hall–Kier alpha value is -1.85. The van der Waals surface area contributed by atoms with E-state index in [1.807, 2.05) is 6.92 Å². The Morgan fingerprint density at radius 2 is 1.95 bits per heavy atom. The highest BCUT2D eigenvalue weighted by molar-refractivity contribution is 5.83. The van der Waals surface area contributed by atoms with Crippen LogP contribution in [0.1, 0.15) is 39.0 Å². The lowest BCUT2D eigenvalue weighted by Gasteiger charge is -2.30. The number of aliphatic carboxylic acids is 1. The van der Waals surface area contributed by atoms with Crippen LogP contribution in [-0.4, -0.2) is 29.6 Å². The van der Waals surface area contributed by atoms with Crippen LogP contribution >= 0.6 is 0 Å². The summed E-state index contributed by atoms with van der Waals surface area (Å²) in [6, 6.07) is 0. The maximum atomic E-state index is 11.9. The zero-order valence-corrected chi connectivity index (χ0v) is 12.2. The van der Waals surface area contributed by atoms with Crippen molar-refractivity contribution >= 4 is 17.9 Å². The molecule has 6 nitrogen and oxygen atoms in total. The van der Waals surface area contributed by atoms with E-state index in [-0.39, 0.29) is 12.4 Å². The molecule has 0 aromatic carbocycles. The van der Waals surface area contributed by atoms with Crippen molar-refractivity contribution in [1.29, 1.82) is 0 Å². The lowest BCUT2D eigenvalue weighted by molar-refractivity contribution is -0.161. The highest BCUT2D eigenvalue weighted by Crippen LogP contribution is 2.35. The van der Waals surface area contributed by atoms with E-state index in [0.29, 0.717) is 19.4 Å². The van der Waals surface area contributed by atoms with Gasteiger partial charge in [0.2, 0.25) is 0 Å². The molecule has 21 heavy (non-hydrogen) atoms. The quantitative estimate of drug-likeness (QED) is 0.440. The fourth-order valence-electron chi connectivity index (χ4n) is 2.54. The first kappa shape index (κ1) is 17.2. The first-order valence-electron chi connectivity index (χ1n) is 7.22. The molecule has 1 N–H and O–H groups in total. The molecule has 0 saturated heterocycles. The Bertz CT molecular complexity index is 403. The van der Waals surface area contributed by atoms with Crippen LogP contribution < -0.4 is 0 Å². The summed E-state index contributed by atoms with van der Waals surface area (Å²) in [4.78, 5) is 34.9. The van der Waals surface area contributed by atoms with Crippen molar-refractivity contribution in [3.63, 3.8) is 0 Å². The molecule has 0 bridgehead atoms. The summed E-state index contributed by atoms with van der Waals surface area (Å²) in [5, 5.41) is 9.25. The minimum atomic E-state index is -1.09. The van der Waals surface area contributed by atoms with Crippen LogP contribution in [0.25, 0.3) is 0 Å². The van der Waals surface area contributed by atoms with Gasteiger partial charge in [-0.05, 0) is 25.7 Å². The van der Waals surface area contributed by atoms with Gasteiger partial charge >= 0.3 is 17.9 Å². The fraction of sp³-hybridized carbons (Fsp3) is 0.667. The number of unbranched alkanes of at least 4 members (excludes halogenated alkanes) is 1. The fourth-order valence-corrected chi connectivity index (χ4v) is 2.54. The molecule has 1 rings (SSSR count). The molecule has 0 aliphatic heterocycles. The van der Waals surface area contributed by atoms with Crippen LogP contribution in [0.5, 0.6) is 0 Å². The first-order chi connectivity index (χ1) is 10.0. The summed E-state index contributed by atoms with van der Waals surface area (Å²) in [6.45, 7) is 5.63. The van der Waals surface area contributed by atoms with E-state index in [9.17, 15) is 19.5 Å². The molecule has 1 saturated carbocycles. The van der Waals surface area contributed by atoms with E-state index >= 15 is 0 Å². The van der Waals surface area contributed by atoms with Gasteiger partial charge in [0.25, 0.3) is 0 Å². The summed E-state index contributed by atoms with van der Waals surface area (Å²) >= 11 is 0. The number of carbonyl (C=O) groups excluding carboxylic acids is 2. The first-order valence-corrected chi connectivity index (χ1v) is 7.22. The largest absolute Gasteiger partial charge is 0.481 e. The van der Waals surface area contributed by atoms with Gasteiger partial charge in [0.1, 0.15) is 0 Å². The number of hydrogen-bond acceptors (Lipinski definition) is 5. The van der Waals surface area contributed by atoms with E-state index < -0.39 is 29.7 Å². The van der Waals surface area contributed by atoms with Gasteiger partial charge in [-0.25, -0.2) is 0 Å². The Labute approximate surface area is 124 Å². The summed E-state index contributed by atoms with van der Waals surface area (Å²) in [5.74, 6) is -4.18. The van der Waals surface area contributed by atoms with Gasteiger partial charge in [0.05, 0.1) is 30.6 Å². The summed E-state index contributed by atoms with van der Waals surface area (Å²) < 4.78 is 9.81. The molecule has 6 heteroatoms. The number of hydrogen-bond donors (Lipinski definition) is 1. The number of ether oxygens (including phenoxy) is 2. The van der Waals surface area contributed by atoms with Crippen molar-refractivity contribution < 1.29 is 29.0 Å². The van der Waals surface area contributed by atoms with Gasteiger partial charge in [-0.2, -0.15) is 0 Å². The maximum absolute atomic E-state index is 11.9. The van der Waals surface area contributed by atoms with Crippen molar-refractivity contribution in [1.82, 2.24) is 0 Å². The van der Waals surface area contributed by atoms with Crippen molar-refractivity contribution in [3.05, 3.63) is 12.8 Å². The standard InChI is InChI=1S/C15H22O6/c1-3-5-8-21-14(18)10-6-7-11(15(19)20-4-2)12(9-10)13(16)17/h4,10-12H,2-3,5-9H2,1H3,(H,16,17). The third kappa shape index (κ3) is 4.88. The number of carboxylic acids is 1. The Kier molecular flexibility index (Phi) is 6.91. The van der Waals surface area contributed by atoms with Gasteiger partial charge in [-0.1, -0.05) is 19.9 Å². The molecule has 0 heterocycles. The Morgan fingerprint density at radius 1 is 1.24 bits per heavy atom. The summed E-state index contributed by atoms with van der Waals surface area (Å²) in [7, 11) is 0. The van der Waals surface area contributed by atoms with Crippen molar-refractivity contribution in [2.45, 2.75) is 39.0 Å². The zero-order chi connectivity index (χ0) is 15.8. The highest BCUT2D eigenvalue weighted by Gasteiger charge is 2.42. The number of carboxylic acid groups (broad SMARTS) is 1. The van der Waals surface area contributed by atoms with Crippen LogP contribution in [0, 0.1) is 17.8 Å². The van der Waals surface area contributed by atoms with Crippen LogP contribution in [0.3, 0.4) is 0 Å². The average Bonchev–Trinajstić information content (AvgIpc) is 2.47. The van der Waals surface area contributed by atoms with Crippen LogP contribution in [0.15, 0.2) is 12.8 Å². The molecule has 1 fully saturated rings. The summed E-state index contributed by atoms with van der Waals surface area (Å²) in [6.07, 6.45) is 3.55. The predicted molar refractivity (Wildman–Crippen MR) is 74.1 cm³/mol. The molecule has 118 valence electrons. The SMILES string of the molecule is C=COC(=O)C1CCC(C(=O)OCCCC)CC1C(=O)O. The second-order valence-electron chi connectivity index (χ2n) is 5.19. The lowest BCUT2D eigenvalue weighted by atomic mass is 9.74. The molecule has 0 aromatic rings. The zero-order valence-electron chi connectivity index (χ0n) is 12.2. The maximum Gasteiger partial charge on any atom is 0.314 e. The number of carbonyl (C=O) groups is 3. The van der Waals surface area contributed by atoms with Crippen molar-refractivity contribution in [2.75, 3.05) is 6.61 Å². The van der Waals surface area contributed by atoms with Crippen LogP contribution in [0.2, 0.25) is 0 Å². The predicted octanol–water partition coefficient (Wildman–Crippen LogP) is 2.13. The second-order valence-corrected chi connectivity index (χ2v) is 5.19. The van der Waals surface area contributed by atoms with Crippen molar-refractivity contribution in [2.24, 2.45) is 17.8 Å². The van der Waals surface area contributed by atoms with Gasteiger partial charge in [0, 0.05) is 0 Å². The Morgan fingerprint density at radius 3 is 2.52 bits per heavy atom. The molecule has 1 aliphatic rings. The third-order valence-electron chi connectivity index (χ3n) is 3.75. The van der Waals surface area contributed by atoms with E-state index in [0.717, 1.165) is 19.1 Å². The minimum absolute atomic E-state index is 0.108. The summed E-state index contributed by atoms with van der Waals surface area (Å²) in [5.41, 5.74) is 0. The average molecular weight is 298 g/mol. The Balaban J connectivity index is 2.64. The second kappa shape index (κ2) is 8.44. The molecule has 3 unspecified atom stereocenters. The molecular formula is C15H22O6. The number of esters is 2. The normalized spacial score (nSPS) is 24.9. The van der Waals surface area contributed by atoms with E-state index in [1.54, 1.807) is 0 Å². The lowest BCUT2D eigenvalue weighted by Crippen LogP contribution is -2.38. The van der Waals surface area contributed by atoms with E-state index in [2.05, 4.69) is 11.3 Å². The van der Waals surface area contributed by atoms with Crippen LogP contribution in [0.4, 0.5) is 0 Å². The smallest absolute Gasteiger partial charge is 0.314 e. The molecule has 0 aromatic heterocycles. The topological polar surface area (TPSA) is 89.9 Å². The number of rotatable bonds is 7. The molecule has 0 spiro atoms. The highest BCUT2D eigenvalue weighted by atomic mass is 16.5. The molecule has 3 atom stereocenters. The van der Waals surface area contributed by atoms with Crippen molar-refractivity contribution in [3.8, 4) is 0 Å². The molecule has 0 amide bonds. The minimum Gasteiger partial charge on any atom is -0.481 e. The molecular weight excluding hydrogens is 276 g/mol. The van der Waals surface area contributed by atoms with Crippen LogP contribution in [-0.2, 0) is 23.9 Å². The van der Waals surface area contributed by atoms with Gasteiger partial charge < -0.3 is 14.6 Å². The van der Waals surface area contributed by atoms with Gasteiger partial charge in [0.15, 0.2) is 0 Å². The van der Waals surface area contributed by atoms with E-state index in [1.165, 1.54) is 0 Å².